The molecule has 1 rings (SSSR count). The normalized spacial score (nSPS) is 12.5. The highest BCUT2D eigenvalue weighted by molar-refractivity contribution is 5.91. The van der Waals surface area contributed by atoms with Gasteiger partial charge >= 0.3 is 5.97 Å². The summed E-state index contributed by atoms with van der Waals surface area (Å²) in [5.41, 5.74) is 6.14. The first-order chi connectivity index (χ1) is 11.8. The van der Waals surface area contributed by atoms with E-state index >= 15 is 0 Å². The summed E-state index contributed by atoms with van der Waals surface area (Å²) in [4.78, 5) is 35.9. The van der Waals surface area contributed by atoms with E-state index in [4.69, 9.17) is 10.5 Å². The predicted molar refractivity (Wildman–Crippen MR) is 102 cm³/mol. The van der Waals surface area contributed by atoms with Crippen LogP contribution in [-0.2, 0) is 25.7 Å². The Hall–Kier alpha value is -2.12. The number of benzene rings is 1. The first kappa shape index (κ1) is 23.9. The van der Waals surface area contributed by atoms with Gasteiger partial charge in [0.05, 0.1) is 6.54 Å². The van der Waals surface area contributed by atoms with E-state index in [0.29, 0.717) is 6.42 Å². The van der Waals surface area contributed by atoms with Gasteiger partial charge in [0.1, 0.15) is 18.7 Å². The molecule has 26 heavy (non-hydrogen) atoms. The SMILES string of the molecule is CC(C)C[C@H](NC(=O)CN)C(=O)N[C@@H](C)C(=O)OCc1ccccc1.Cl. The molecule has 0 saturated heterocycles. The molecule has 0 bridgehead atoms. The molecule has 0 aliphatic rings. The van der Waals surface area contributed by atoms with E-state index in [1.807, 2.05) is 44.2 Å². The van der Waals surface area contributed by atoms with Crippen LogP contribution in [-0.4, -0.2) is 36.4 Å². The topological polar surface area (TPSA) is 111 Å². The van der Waals surface area contributed by atoms with Crippen LogP contribution in [0.3, 0.4) is 0 Å². The first-order valence-corrected chi connectivity index (χ1v) is 8.33. The molecule has 0 fully saturated rings. The van der Waals surface area contributed by atoms with Crippen molar-refractivity contribution in [1.29, 1.82) is 0 Å². The number of ether oxygens (including phenoxy) is 1. The van der Waals surface area contributed by atoms with Crippen molar-refractivity contribution in [2.45, 2.75) is 45.9 Å². The number of amides is 2. The van der Waals surface area contributed by atoms with Crippen LogP contribution in [0.4, 0.5) is 0 Å². The number of nitrogens with one attached hydrogen (secondary N) is 2. The zero-order valence-corrected chi connectivity index (χ0v) is 16.2. The maximum Gasteiger partial charge on any atom is 0.328 e. The Bertz CT molecular complexity index is 581. The summed E-state index contributed by atoms with van der Waals surface area (Å²) in [6.45, 7) is 5.36. The fourth-order valence-corrected chi connectivity index (χ4v) is 2.18. The van der Waals surface area contributed by atoms with Crippen LogP contribution < -0.4 is 16.4 Å². The summed E-state index contributed by atoms with van der Waals surface area (Å²) >= 11 is 0. The lowest BCUT2D eigenvalue weighted by atomic mass is 10.0. The van der Waals surface area contributed by atoms with Crippen molar-refractivity contribution in [2.24, 2.45) is 11.7 Å². The Morgan fingerprint density at radius 2 is 1.69 bits per heavy atom. The quantitative estimate of drug-likeness (QED) is 0.552. The number of halogens is 1. The van der Waals surface area contributed by atoms with E-state index in [1.165, 1.54) is 0 Å². The molecule has 0 saturated carbocycles. The second-order valence-corrected chi connectivity index (χ2v) is 6.28. The van der Waals surface area contributed by atoms with E-state index in [-0.39, 0.29) is 31.5 Å². The van der Waals surface area contributed by atoms with Gasteiger partial charge in [-0.05, 0) is 24.8 Å². The molecule has 0 aliphatic heterocycles. The average Bonchev–Trinajstić information content (AvgIpc) is 2.59. The van der Waals surface area contributed by atoms with E-state index in [9.17, 15) is 14.4 Å². The van der Waals surface area contributed by atoms with Gasteiger partial charge in [0.2, 0.25) is 11.8 Å². The number of carbonyl (C=O) groups is 3. The van der Waals surface area contributed by atoms with E-state index in [1.54, 1.807) is 6.92 Å². The molecule has 1 aromatic carbocycles. The van der Waals surface area contributed by atoms with Gasteiger partial charge < -0.3 is 21.1 Å². The lowest BCUT2D eigenvalue weighted by molar-refractivity contribution is -0.148. The minimum atomic E-state index is -0.819. The van der Waals surface area contributed by atoms with Crippen LogP contribution in [0.1, 0.15) is 32.8 Å². The zero-order chi connectivity index (χ0) is 18.8. The number of rotatable bonds is 9. The summed E-state index contributed by atoms with van der Waals surface area (Å²) in [5.74, 6) is -1.19. The van der Waals surface area contributed by atoms with Crippen LogP contribution in [0.5, 0.6) is 0 Å². The van der Waals surface area contributed by atoms with Crippen LogP contribution in [0, 0.1) is 5.92 Å². The highest BCUT2D eigenvalue weighted by Gasteiger charge is 2.25. The molecular formula is C18H28ClN3O4. The van der Waals surface area contributed by atoms with Crippen molar-refractivity contribution < 1.29 is 19.1 Å². The fraction of sp³-hybridized carbons (Fsp3) is 0.500. The number of hydrogen-bond donors (Lipinski definition) is 3. The van der Waals surface area contributed by atoms with Gasteiger partial charge in [-0.25, -0.2) is 4.79 Å². The third-order valence-electron chi connectivity index (χ3n) is 3.48. The van der Waals surface area contributed by atoms with Crippen LogP contribution >= 0.6 is 12.4 Å². The highest BCUT2D eigenvalue weighted by Crippen LogP contribution is 2.06. The lowest BCUT2D eigenvalue weighted by Crippen LogP contribution is -2.52. The molecule has 1 aromatic rings. The Balaban J connectivity index is 0.00000625. The molecule has 146 valence electrons. The predicted octanol–water partition coefficient (Wildman–Crippen LogP) is 1.15. The smallest absolute Gasteiger partial charge is 0.328 e. The van der Waals surface area contributed by atoms with Crippen molar-refractivity contribution in [3.05, 3.63) is 35.9 Å². The number of nitrogens with two attached hydrogens (primary N) is 1. The molecule has 4 N–H and O–H groups in total. The Kier molecular flexibility index (Phi) is 11.3. The molecule has 2 amide bonds. The number of hydrogen-bond acceptors (Lipinski definition) is 5. The molecule has 8 heteroatoms. The first-order valence-electron chi connectivity index (χ1n) is 8.33. The number of carbonyl (C=O) groups excluding carboxylic acids is 3. The van der Waals surface area contributed by atoms with Crippen molar-refractivity contribution in [3.8, 4) is 0 Å². The Labute approximate surface area is 160 Å². The second-order valence-electron chi connectivity index (χ2n) is 6.28. The van der Waals surface area contributed by atoms with E-state index < -0.39 is 29.9 Å². The van der Waals surface area contributed by atoms with Crippen molar-refractivity contribution in [3.63, 3.8) is 0 Å². The minimum Gasteiger partial charge on any atom is -0.459 e. The van der Waals surface area contributed by atoms with Crippen molar-refractivity contribution in [2.75, 3.05) is 6.54 Å². The van der Waals surface area contributed by atoms with Gasteiger partial charge in [-0.1, -0.05) is 44.2 Å². The van der Waals surface area contributed by atoms with Gasteiger partial charge in [-0.15, -0.1) is 12.4 Å². The molecular weight excluding hydrogens is 358 g/mol. The molecule has 0 aromatic heterocycles. The molecule has 7 nitrogen and oxygen atoms in total. The van der Waals surface area contributed by atoms with Crippen LogP contribution in [0.2, 0.25) is 0 Å². The lowest BCUT2D eigenvalue weighted by Gasteiger charge is -2.22. The molecule has 0 radical (unpaired) electrons. The van der Waals surface area contributed by atoms with Gasteiger partial charge in [0, 0.05) is 0 Å². The van der Waals surface area contributed by atoms with Crippen LogP contribution in [0.15, 0.2) is 30.3 Å². The molecule has 0 aliphatic carbocycles. The van der Waals surface area contributed by atoms with Gasteiger partial charge in [-0.3, -0.25) is 9.59 Å². The summed E-state index contributed by atoms with van der Waals surface area (Å²) in [5, 5.41) is 5.15. The fourth-order valence-electron chi connectivity index (χ4n) is 2.18. The largest absolute Gasteiger partial charge is 0.459 e. The standard InChI is InChI=1S/C18H27N3O4.ClH/c1-12(2)9-15(21-16(22)10-19)17(23)20-13(3)18(24)25-11-14-7-5-4-6-8-14;/h4-8,12-13,15H,9-11,19H2,1-3H3,(H,20,23)(H,21,22);1H/t13-,15-;/m0./s1. The monoisotopic (exact) mass is 385 g/mol. The molecule has 2 atom stereocenters. The van der Waals surface area contributed by atoms with Crippen molar-refractivity contribution in [1.82, 2.24) is 10.6 Å². The third-order valence-corrected chi connectivity index (χ3v) is 3.48. The van der Waals surface area contributed by atoms with E-state index in [2.05, 4.69) is 10.6 Å². The Morgan fingerprint density at radius 3 is 2.23 bits per heavy atom. The van der Waals surface area contributed by atoms with E-state index in [0.717, 1.165) is 5.56 Å². The van der Waals surface area contributed by atoms with Crippen LogP contribution in [0.25, 0.3) is 0 Å². The molecule has 0 heterocycles. The summed E-state index contributed by atoms with van der Waals surface area (Å²) < 4.78 is 5.19. The van der Waals surface area contributed by atoms with Gasteiger partial charge in [-0.2, -0.15) is 0 Å². The van der Waals surface area contributed by atoms with Gasteiger partial charge in [0.15, 0.2) is 0 Å². The maximum absolute atomic E-state index is 12.3. The highest BCUT2D eigenvalue weighted by atomic mass is 35.5. The summed E-state index contributed by atoms with van der Waals surface area (Å²) in [6, 6.07) is 7.71. The summed E-state index contributed by atoms with van der Waals surface area (Å²) in [7, 11) is 0. The Morgan fingerprint density at radius 1 is 1.08 bits per heavy atom. The maximum atomic E-state index is 12.3. The van der Waals surface area contributed by atoms with Crippen molar-refractivity contribution >= 4 is 30.2 Å². The molecule has 0 unspecified atom stereocenters. The third kappa shape index (κ3) is 8.82. The average molecular weight is 386 g/mol. The second kappa shape index (κ2) is 12.3. The summed E-state index contributed by atoms with van der Waals surface area (Å²) in [6.07, 6.45) is 0.448. The van der Waals surface area contributed by atoms with Gasteiger partial charge in [0.25, 0.3) is 0 Å². The zero-order valence-electron chi connectivity index (χ0n) is 15.4. The minimum absolute atomic E-state index is 0. The number of esters is 1. The molecule has 0 spiro atoms.